The Hall–Kier alpha value is -3.47. The molecule has 1 saturated heterocycles. The number of benzene rings is 1. The summed E-state index contributed by atoms with van der Waals surface area (Å²) in [5.74, 6) is 0.522. The van der Waals surface area contributed by atoms with Crippen molar-refractivity contribution in [2.75, 3.05) is 32.6 Å². The van der Waals surface area contributed by atoms with Crippen LogP contribution in [0, 0.1) is 0 Å². The Morgan fingerprint density at radius 3 is 2.58 bits per heavy atom. The number of nitrogens with two attached hydrogens (primary N) is 2. The normalized spacial score (nSPS) is 15.8. The van der Waals surface area contributed by atoms with E-state index in [1.165, 1.54) is 12.0 Å². The lowest BCUT2D eigenvalue weighted by atomic mass is 10.1. The Morgan fingerprint density at radius 1 is 1.16 bits per heavy atom. The fourth-order valence-electron chi connectivity index (χ4n) is 3.33. The van der Waals surface area contributed by atoms with Crippen molar-refractivity contribution in [2.45, 2.75) is 18.9 Å². The first-order chi connectivity index (χ1) is 14.8. The third kappa shape index (κ3) is 5.18. The third-order valence-corrected chi connectivity index (χ3v) is 5.91. The van der Waals surface area contributed by atoms with E-state index in [0.717, 1.165) is 11.3 Å². The average molecular weight is 449 g/mol. The van der Waals surface area contributed by atoms with Crippen molar-refractivity contribution in [3.8, 4) is 21.9 Å². The quantitative estimate of drug-likeness (QED) is 0.579. The monoisotopic (exact) mass is 448 g/mol. The van der Waals surface area contributed by atoms with Crippen LogP contribution in [-0.4, -0.2) is 56.3 Å². The van der Waals surface area contributed by atoms with Crippen molar-refractivity contribution in [3.63, 3.8) is 0 Å². The lowest BCUT2D eigenvalue weighted by Crippen LogP contribution is -2.46. The number of anilines is 1. The number of primary amides is 2. The number of piperidine rings is 1. The molecule has 4 amide bonds. The zero-order chi connectivity index (χ0) is 22.5. The van der Waals surface area contributed by atoms with Gasteiger partial charge in [0, 0.05) is 23.1 Å². The van der Waals surface area contributed by atoms with Crippen LogP contribution in [0.1, 0.15) is 23.2 Å². The summed E-state index contributed by atoms with van der Waals surface area (Å²) in [7, 11) is 3.07. The van der Waals surface area contributed by atoms with E-state index in [0.29, 0.717) is 41.3 Å². The van der Waals surface area contributed by atoms with Crippen LogP contribution in [0.15, 0.2) is 24.3 Å². The predicted octanol–water partition coefficient (Wildman–Crippen LogP) is 2.62. The second-order valence-electron chi connectivity index (χ2n) is 6.86. The van der Waals surface area contributed by atoms with E-state index in [-0.39, 0.29) is 17.1 Å². The molecule has 1 aromatic heterocycles. The number of urea groups is 2. The van der Waals surface area contributed by atoms with Gasteiger partial charge in [0.05, 0.1) is 26.3 Å². The molecule has 1 aliphatic rings. The van der Waals surface area contributed by atoms with E-state index in [1.807, 2.05) is 0 Å². The minimum absolute atomic E-state index is 0.160. The van der Waals surface area contributed by atoms with E-state index in [9.17, 15) is 14.4 Å². The molecule has 0 bridgehead atoms. The Morgan fingerprint density at radius 2 is 1.94 bits per heavy atom. The van der Waals surface area contributed by atoms with Gasteiger partial charge >= 0.3 is 18.0 Å². The number of esters is 1. The lowest BCUT2D eigenvalue weighted by molar-refractivity contribution is 0.0129. The van der Waals surface area contributed by atoms with Gasteiger partial charge in [0.1, 0.15) is 22.6 Å². The lowest BCUT2D eigenvalue weighted by Gasteiger charge is -2.31. The SMILES string of the molecule is COc1ccc(-c2cc(C(=O)OC3CCCN(C(N)=O)C3)c(NC(N)=O)s2)c(OC)c1. The molecular formula is C20H24N4O6S. The maximum atomic E-state index is 12.9. The number of amides is 4. The van der Waals surface area contributed by atoms with Crippen molar-refractivity contribution in [2.24, 2.45) is 11.5 Å². The number of carbonyl (C=O) groups is 3. The van der Waals surface area contributed by atoms with E-state index >= 15 is 0 Å². The molecule has 10 nitrogen and oxygen atoms in total. The number of likely N-dealkylation sites (tertiary alicyclic amines) is 1. The Labute approximate surface area is 183 Å². The summed E-state index contributed by atoms with van der Waals surface area (Å²) in [6.07, 6.45) is 0.789. The van der Waals surface area contributed by atoms with Crippen LogP contribution < -0.4 is 26.3 Å². The molecule has 31 heavy (non-hydrogen) atoms. The highest BCUT2D eigenvalue weighted by Gasteiger charge is 2.28. The number of methoxy groups -OCH3 is 2. The number of carbonyl (C=O) groups excluding carboxylic acids is 3. The average Bonchev–Trinajstić information content (AvgIpc) is 3.16. The van der Waals surface area contributed by atoms with Crippen LogP contribution in [0.25, 0.3) is 10.4 Å². The predicted molar refractivity (Wildman–Crippen MR) is 116 cm³/mol. The molecule has 1 aromatic carbocycles. The smallest absolute Gasteiger partial charge is 0.341 e. The maximum absolute atomic E-state index is 12.9. The standard InChI is InChI=1S/C20H24N4O6S/c1-28-11-5-6-13(15(8-11)29-2)16-9-14(17(31-16)23-19(21)26)18(25)30-12-4-3-7-24(10-12)20(22)27/h5-6,8-9,12H,3-4,7,10H2,1-2H3,(H2,22,27)(H3,21,23,26). The van der Waals surface area contributed by atoms with Gasteiger partial charge in [-0.15, -0.1) is 11.3 Å². The zero-order valence-electron chi connectivity index (χ0n) is 17.2. The molecule has 0 radical (unpaired) electrons. The molecule has 1 fully saturated rings. The minimum atomic E-state index is -0.804. The topological polar surface area (TPSA) is 146 Å². The maximum Gasteiger partial charge on any atom is 0.341 e. The van der Waals surface area contributed by atoms with E-state index < -0.39 is 24.1 Å². The number of nitrogens with zero attached hydrogens (tertiary/aromatic N) is 1. The first-order valence-electron chi connectivity index (χ1n) is 9.50. The van der Waals surface area contributed by atoms with Gasteiger partial charge in [-0.25, -0.2) is 14.4 Å². The van der Waals surface area contributed by atoms with Gasteiger partial charge in [-0.3, -0.25) is 5.32 Å². The third-order valence-electron chi connectivity index (χ3n) is 4.83. The van der Waals surface area contributed by atoms with E-state index in [1.54, 1.807) is 31.4 Å². The van der Waals surface area contributed by atoms with Gasteiger partial charge in [0.25, 0.3) is 0 Å². The number of hydrogen-bond acceptors (Lipinski definition) is 7. The van der Waals surface area contributed by atoms with Gasteiger partial charge in [-0.2, -0.15) is 0 Å². The van der Waals surface area contributed by atoms with Crippen molar-refractivity contribution in [1.82, 2.24) is 4.90 Å². The molecule has 11 heteroatoms. The summed E-state index contributed by atoms with van der Waals surface area (Å²) in [5.41, 5.74) is 11.5. The molecule has 2 heterocycles. The van der Waals surface area contributed by atoms with Gasteiger partial charge in [0.15, 0.2) is 0 Å². The number of hydrogen-bond donors (Lipinski definition) is 3. The molecule has 0 aliphatic carbocycles. The van der Waals surface area contributed by atoms with Crippen molar-refractivity contribution < 1.29 is 28.6 Å². The number of ether oxygens (including phenoxy) is 3. The van der Waals surface area contributed by atoms with Gasteiger partial charge < -0.3 is 30.6 Å². The van der Waals surface area contributed by atoms with Gasteiger partial charge in [0.2, 0.25) is 0 Å². The Bertz CT molecular complexity index is 992. The van der Waals surface area contributed by atoms with Crippen LogP contribution in [0.3, 0.4) is 0 Å². The van der Waals surface area contributed by atoms with Crippen LogP contribution in [0.4, 0.5) is 14.6 Å². The number of rotatable bonds is 6. The number of nitrogens with one attached hydrogen (secondary N) is 1. The summed E-state index contributed by atoms with van der Waals surface area (Å²) in [6, 6.07) is 5.52. The molecule has 0 spiro atoms. The van der Waals surface area contributed by atoms with E-state index in [4.69, 9.17) is 25.7 Å². The molecule has 3 rings (SSSR count). The summed E-state index contributed by atoms with van der Waals surface area (Å²) >= 11 is 1.16. The molecule has 0 saturated carbocycles. The zero-order valence-corrected chi connectivity index (χ0v) is 18.0. The second-order valence-corrected chi connectivity index (χ2v) is 7.91. The summed E-state index contributed by atoms with van der Waals surface area (Å²) < 4.78 is 16.3. The first kappa shape index (κ1) is 22.2. The fraction of sp³-hybridized carbons (Fsp3) is 0.350. The van der Waals surface area contributed by atoms with Crippen molar-refractivity contribution in [3.05, 3.63) is 29.8 Å². The molecule has 1 unspecified atom stereocenters. The fourth-order valence-corrected chi connectivity index (χ4v) is 4.41. The van der Waals surface area contributed by atoms with Crippen LogP contribution in [0.5, 0.6) is 11.5 Å². The Kier molecular flexibility index (Phi) is 6.85. The van der Waals surface area contributed by atoms with E-state index in [2.05, 4.69) is 5.32 Å². The molecule has 1 atom stereocenters. The first-order valence-corrected chi connectivity index (χ1v) is 10.3. The van der Waals surface area contributed by atoms with Gasteiger partial charge in [-0.05, 0) is 31.0 Å². The number of thiophene rings is 1. The van der Waals surface area contributed by atoms with Crippen LogP contribution in [-0.2, 0) is 4.74 Å². The largest absolute Gasteiger partial charge is 0.497 e. The summed E-state index contributed by atoms with van der Waals surface area (Å²) in [4.78, 5) is 37.9. The second kappa shape index (κ2) is 9.56. The summed E-state index contributed by atoms with van der Waals surface area (Å²) in [5, 5.41) is 2.73. The molecule has 2 aromatic rings. The highest BCUT2D eigenvalue weighted by molar-refractivity contribution is 7.20. The van der Waals surface area contributed by atoms with Crippen molar-refractivity contribution in [1.29, 1.82) is 0 Å². The molecular weight excluding hydrogens is 424 g/mol. The molecule has 166 valence electrons. The van der Waals surface area contributed by atoms with Crippen LogP contribution in [0.2, 0.25) is 0 Å². The molecule has 1 aliphatic heterocycles. The Balaban J connectivity index is 1.89. The molecule has 5 N–H and O–H groups in total. The van der Waals surface area contributed by atoms with Gasteiger partial charge in [-0.1, -0.05) is 0 Å². The summed E-state index contributed by atoms with van der Waals surface area (Å²) in [6.45, 7) is 0.751. The van der Waals surface area contributed by atoms with Crippen LogP contribution >= 0.6 is 11.3 Å². The highest BCUT2D eigenvalue weighted by Crippen LogP contribution is 2.41. The minimum Gasteiger partial charge on any atom is -0.497 e. The highest BCUT2D eigenvalue weighted by atomic mass is 32.1. The van der Waals surface area contributed by atoms with Crippen molar-refractivity contribution >= 4 is 34.4 Å².